The van der Waals surface area contributed by atoms with Crippen LogP contribution in [0.25, 0.3) is 0 Å². The van der Waals surface area contributed by atoms with Gasteiger partial charge in [0.25, 0.3) is 0 Å². The summed E-state index contributed by atoms with van der Waals surface area (Å²) in [5.41, 5.74) is 6.35. The third kappa shape index (κ3) is 3.98. The quantitative estimate of drug-likeness (QED) is 0.648. The molecule has 5 heteroatoms. The Balaban J connectivity index is 0.00000196. The molecule has 0 aromatic heterocycles. The summed E-state index contributed by atoms with van der Waals surface area (Å²) in [7, 11) is 0. The predicted molar refractivity (Wildman–Crippen MR) is 63.7 cm³/mol. The fourth-order valence-electron chi connectivity index (χ4n) is 0.953. The molecule has 15 heavy (non-hydrogen) atoms. The number of anilines is 1. The Morgan fingerprint density at radius 3 is 2.53 bits per heavy atom. The van der Waals surface area contributed by atoms with Gasteiger partial charge in [-0.1, -0.05) is 11.6 Å². The number of esters is 1. The van der Waals surface area contributed by atoms with Gasteiger partial charge < -0.3 is 10.5 Å². The maximum Gasteiger partial charge on any atom is 0.338 e. The topological polar surface area (TPSA) is 52.3 Å². The normalized spacial score (nSPS) is 9.60. The van der Waals surface area contributed by atoms with E-state index in [2.05, 4.69) is 0 Å². The van der Waals surface area contributed by atoms with E-state index in [-0.39, 0.29) is 24.5 Å². The summed E-state index contributed by atoms with van der Waals surface area (Å²) >= 11 is 5.71. The second-order valence-corrected chi connectivity index (χ2v) is 3.60. The largest absolute Gasteiger partial charge is 0.459 e. The minimum Gasteiger partial charge on any atom is -0.459 e. The summed E-state index contributed by atoms with van der Waals surface area (Å²) in [6, 6.07) is 4.67. The first-order valence-electron chi connectivity index (χ1n) is 4.26. The lowest BCUT2D eigenvalue weighted by molar-refractivity contribution is 0.0378. The van der Waals surface area contributed by atoms with Gasteiger partial charge in [0.15, 0.2) is 0 Å². The molecule has 0 spiro atoms. The summed E-state index contributed by atoms with van der Waals surface area (Å²) in [6.45, 7) is 3.58. The Bertz CT molecular complexity index is 353. The highest BCUT2D eigenvalue weighted by molar-refractivity contribution is 6.33. The van der Waals surface area contributed by atoms with E-state index in [4.69, 9.17) is 22.1 Å². The van der Waals surface area contributed by atoms with Crippen molar-refractivity contribution in [2.45, 2.75) is 20.0 Å². The summed E-state index contributed by atoms with van der Waals surface area (Å²) in [6.07, 6.45) is -0.139. The Hall–Kier alpha value is -0.930. The minimum absolute atomic E-state index is 0. The maximum atomic E-state index is 11.4. The monoisotopic (exact) mass is 249 g/mol. The van der Waals surface area contributed by atoms with E-state index in [0.29, 0.717) is 16.3 Å². The van der Waals surface area contributed by atoms with Crippen molar-refractivity contribution in [2.75, 3.05) is 5.73 Å². The fourth-order valence-corrected chi connectivity index (χ4v) is 1.07. The Morgan fingerprint density at radius 1 is 1.47 bits per heavy atom. The van der Waals surface area contributed by atoms with E-state index in [9.17, 15) is 4.79 Å². The smallest absolute Gasteiger partial charge is 0.338 e. The van der Waals surface area contributed by atoms with Crippen LogP contribution >= 0.6 is 24.0 Å². The summed E-state index contributed by atoms with van der Waals surface area (Å²) in [5, 5.41) is 0.436. The number of carbonyl (C=O) groups is 1. The van der Waals surface area contributed by atoms with Gasteiger partial charge in [-0.15, -0.1) is 12.4 Å². The van der Waals surface area contributed by atoms with Gasteiger partial charge in [0.2, 0.25) is 0 Å². The number of benzene rings is 1. The number of nitrogen functional groups attached to an aromatic ring is 1. The third-order valence-electron chi connectivity index (χ3n) is 1.57. The Morgan fingerprint density at radius 2 is 2.07 bits per heavy atom. The molecule has 0 heterocycles. The van der Waals surface area contributed by atoms with E-state index >= 15 is 0 Å². The van der Waals surface area contributed by atoms with Crippen molar-refractivity contribution in [3.8, 4) is 0 Å². The first kappa shape index (κ1) is 14.1. The van der Waals surface area contributed by atoms with Gasteiger partial charge in [0.05, 0.1) is 22.4 Å². The van der Waals surface area contributed by atoms with Crippen molar-refractivity contribution < 1.29 is 9.53 Å². The summed E-state index contributed by atoms with van der Waals surface area (Å²) in [5.74, 6) is -0.386. The molecule has 0 fully saturated rings. The lowest BCUT2D eigenvalue weighted by atomic mass is 10.2. The molecule has 2 N–H and O–H groups in total. The highest BCUT2D eigenvalue weighted by atomic mass is 35.5. The SMILES string of the molecule is CC(C)OC(=O)c1ccc(Cl)c(N)c1.Cl. The standard InChI is InChI=1S/C10H12ClNO2.ClH/c1-6(2)14-10(13)7-3-4-8(11)9(12)5-7;/h3-6H,12H2,1-2H3;1H. The van der Waals surface area contributed by atoms with Gasteiger partial charge in [0, 0.05) is 0 Å². The second kappa shape index (κ2) is 5.83. The van der Waals surface area contributed by atoms with Crippen LogP contribution in [-0.2, 0) is 4.74 Å². The number of nitrogens with two attached hydrogens (primary N) is 1. The summed E-state index contributed by atoms with van der Waals surface area (Å²) in [4.78, 5) is 11.4. The van der Waals surface area contributed by atoms with Crippen LogP contribution in [0.5, 0.6) is 0 Å². The number of rotatable bonds is 2. The number of hydrogen-bond acceptors (Lipinski definition) is 3. The molecule has 0 atom stereocenters. The van der Waals surface area contributed by atoms with Crippen molar-refractivity contribution in [1.29, 1.82) is 0 Å². The molecule has 0 aliphatic rings. The molecule has 1 aromatic carbocycles. The van der Waals surface area contributed by atoms with Crippen LogP contribution in [0.2, 0.25) is 5.02 Å². The molecule has 3 nitrogen and oxygen atoms in total. The van der Waals surface area contributed by atoms with Crippen LogP contribution in [0.1, 0.15) is 24.2 Å². The fraction of sp³-hybridized carbons (Fsp3) is 0.300. The van der Waals surface area contributed by atoms with E-state index in [1.54, 1.807) is 26.0 Å². The van der Waals surface area contributed by atoms with Crippen LogP contribution in [-0.4, -0.2) is 12.1 Å². The Kier molecular flexibility index (Phi) is 5.47. The van der Waals surface area contributed by atoms with Crippen molar-refractivity contribution in [2.24, 2.45) is 0 Å². The zero-order valence-corrected chi connectivity index (χ0v) is 10.1. The highest BCUT2D eigenvalue weighted by Crippen LogP contribution is 2.20. The molecule has 0 saturated carbocycles. The molecule has 0 unspecified atom stereocenters. The number of hydrogen-bond donors (Lipinski definition) is 1. The molecule has 0 aliphatic heterocycles. The van der Waals surface area contributed by atoms with Crippen molar-refractivity contribution in [3.05, 3.63) is 28.8 Å². The second-order valence-electron chi connectivity index (χ2n) is 3.19. The average Bonchev–Trinajstić information content (AvgIpc) is 2.08. The highest BCUT2D eigenvalue weighted by Gasteiger charge is 2.10. The lowest BCUT2D eigenvalue weighted by Gasteiger charge is -2.08. The predicted octanol–water partition coefficient (Wildman–Crippen LogP) is 2.91. The van der Waals surface area contributed by atoms with E-state index < -0.39 is 0 Å². The lowest BCUT2D eigenvalue weighted by Crippen LogP contribution is -2.11. The first-order valence-corrected chi connectivity index (χ1v) is 4.64. The number of carbonyl (C=O) groups excluding carboxylic acids is 1. The van der Waals surface area contributed by atoms with Gasteiger partial charge in [-0.05, 0) is 32.0 Å². The average molecular weight is 250 g/mol. The van der Waals surface area contributed by atoms with Crippen LogP contribution in [0, 0.1) is 0 Å². The molecule has 0 amide bonds. The van der Waals surface area contributed by atoms with Crippen LogP contribution in [0.4, 0.5) is 5.69 Å². The molecule has 0 aliphatic carbocycles. The van der Waals surface area contributed by atoms with Crippen molar-refractivity contribution in [1.82, 2.24) is 0 Å². The molecular formula is C10H13Cl2NO2. The minimum atomic E-state index is -0.386. The number of halogens is 2. The molecule has 84 valence electrons. The molecule has 0 bridgehead atoms. The Labute approximate surface area is 100.0 Å². The van der Waals surface area contributed by atoms with Gasteiger partial charge in [-0.2, -0.15) is 0 Å². The van der Waals surface area contributed by atoms with Crippen LogP contribution < -0.4 is 5.73 Å². The zero-order chi connectivity index (χ0) is 10.7. The van der Waals surface area contributed by atoms with E-state index in [0.717, 1.165) is 0 Å². The third-order valence-corrected chi connectivity index (χ3v) is 1.92. The number of ether oxygens (including phenoxy) is 1. The maximum absolute atomic E-state index is 11.4. The van der Waals surface area contributed by atoms with Gasteiger partial charge in [-0.25, -0.2) is 4.79 Å². The van der Waals surface area contributed by atoms with Crippen LogP contribution in [0.15, 0.2) is 18.2 Å². The van der Waals surface area contributed by atoms with Gasteiger partial charge in [-0.3, -0.25) is 0 Å². The molecule has 1 rings (SSSR count). The van der Waals surface area contributed by atoms with Gasteiger partial charge in [0.1, 0.15) is 0 Å². The summed E-state index contributed by atoms with van der Waals surface area (Å²) < 4.78 is 4.99. The van der Waals surface area contributed by atoms with Gasteiger partial charge >= 0.3 is 5.97 Å². The molecule has 1 aromatic rings. The zero-order valence-electron chi connectivity index (χ0n) is 8.49. The van der Waals surface area contributed by atoms with Crippen LogP contribution in [0.3, 0.4) is 0 Å². The molecule has 0 saturated heterocycles. The molecular weight excluding hydrogens is 237 g/mol. The molecule has 0 radical (unpaired) electrons. The van der Waals surface area contributed by atoms with E-state index in [1.165, 1.54) is 6.07 Å². The van der Waals surface area contributed by atoms with Crippen molar-refractivity contribution >= 4 is 35.7 Å². The van der Waals surface area contributed by atoms with E-state index in [1.807, 2.05) is 0 Å². The van der Waals surface area contributed by atoms with Crippen molar-refractivity contribution in [3.63, 3.8) is 0 Å². The first-order chi connectivity index (χ1) is 6.50.